The molecule has 100 valence electrons. The van der Waals surface area contributed by atoms with Gasteiger partial charge in [0.2, 0.25) is 5.91 Å². The second kappa shape index (κ2) is 7.67. The molecular weight excluding hydrogens is 216 g/mol. The third-order valence-corrected chi connectivity index (χ3v) is 3.62. The summed E-state index contributed by atoms with van der Waals surface area (Å²) in [4.78, 5) is 11.6. The molecule has 1 saturated carbocycles. The first kappa shape index (κ1) is 14.5. The third kappa shape index (κ3) is 5.04. The number of hydrogen-bond donors (Lipinski definition) is 3. The van der Waals surface area contributed by atoms with Crippen molar-refractivity contribution in [3.63, 3.8) is 0 Å². The number of hydrogen-bond acceptors (Lipinski definition) is 3. The summed E-state index contributed by atoms with van der Waals surface area (Å²) in [5.41, 5.74) is 5.70. The predicted octanol–water partition coefficient (Wildman–Crippen LogP) is 1.17. The zero-order valence-electron chi connectivity index (χ0n) is 10.8. The Labute approximate surface area is 104 Å². The number of aliphatic hydroxyl groups excluding tert-OH is 1. The molecule has 1 fully saturated rings. The van der Waals surface area contributed by atoms with Gasteiger partial charge < -0.3 is 16.2 Å². The first-order valence-electron chi connectivity index (χ1n) is 6.86. The minimum atomic E-state index is -0.432. The molecule has 0 radical (unpaired) electrons. The van der Waals surface area contributed by atoms with Gasteiger partial charge in [0, 0.05) is 6.54 Å². The van der Waals surface area contributed by atoms with Crippen molar-refractivity contribution in [2.24, 2.45) is 11.7 Å². The third-order valence-electron chi connectivity index (χ3n) is 3.62. The van der Waals surface area contributed by atoms with Crippen molar-refractivity contribution in [3.05, 3.63) is 0 Å². The van der Waals surface area contributed by atoms with Crippen LogP contribution in [0, 0.1) is 5.92 Å². The van der Waals surface area contributed by atoms with E-state index in [1.54, 1.807) is 0 Å². The first-order valence-corrected chi connectivity index (χ1v) is 6.86. The molecule has 0 saturated heterocycles. The summed E-state index contributed by atoms with van der Waals surface area (Å²) < 4.78 is 0. The molecule has 0 aromatic carbocycles. The van der Waals surface area contributed by atoms with Gasteiger partial charge in [0.15, 0.2) is 0 Å². The molecule has 0 bridgehead atoms. The average molecular weight is 242 g/mol. The largest absolute Gasteiger partial charge is 0.391 e. The topological polar surface area (TPSA) is 75.4 Å². The summed E-state index contributed by atoms with van der Waals surface area (Å²) in [6.07, 6.45) is 7.03. The molecule has 1 rings (SSSR count). The fourth-order valence-corrected chi connectivity index (χ4v) is 2.46. The highest BCUT2D eigenvalue weighted by atomic mass is 16.3. The number of carbonyl (C=O) groups is 1. The second-order valence-corrected chi connectivity index (χ2v) is 5.11. The molecule has 0 aromatic heterocycles. The first-order chi connectivity index (χ1) is 8.15. The number of rotatable bonds is 6. The molecular formula is C13H26N2O2. The van der Waals surface area contributed by atoms with Crippen LogP contribution in [0.1, 0.15) is 51.9 Å². The summed E-state index contributed by atoms with van der Waals surface area (Å²) in [7, 11) is 0. The summed E-state index contributed by atoms with van der Waals surface area (Å²) in [5.74, 6) is 0.216. The second-order valence-electron chi connectivity index (χ2n) is 5.11. The maximum absolute atomic E-state index is 11.6. The molecule has 4 nitrogen and oxygen atoms in total. The smallest absolute Gasteiger partial charge is 0.237 e. The van der Waals surface area contributed by atoms with E-state index in [2.05, 4.69) is 5.32 Å². The Morgan fingerprint density at radius 3 is 2.65 bits per heavy atom. The number of carbonyl (C=O) groups excluding carboxylic acids is 1. The van der Waals surface area contributed by atoms with Crippen LogP contribution in [0.3, 0.4) is 0 Å². The predicted molar refractivity (Wildman–Crippen MR) is 68.5 cm³/mol. The molecule has 0 spiro atoms. The van der Waals surface area contributed by atoms with E-state index in [-0.39, 0.29) is 5.91 Å². The van der Waals surface area contributed by atoms with Gasteiger partial charge in [0.25, 0.3) is 0 Å². The van der Waals surface area contributed by atoms with E-state index in [1.165, 1.54) is 19.3 Å². The molecule has 1 aliphatic rings. The Morgan fingerprint density at radius 1 is 1.41 bits per heavy atom. The van der Waals surface area contributed by atoms with Crippen LogP contribution < -0.4 is 11.1 Å². The van der Waals surface area contributed by atoms with Crippen molar-refractivity contribution in [1.82, 2.24) is 5.32 Å². The fourth-order valence-electron chi connectivity index (χ4n) is 2.46. The quantitative estimate of drug-likeness (QED) is 0.654. The highest BCUT2D eigenvalue weighted by molar-refractivity contribution is 5.81. The SMILES string of the molecule is CCCC(N)C(=O)NCC(O)C1CCCCC1. The van der Waals surface area contributed by atoms with E-state index in [0.717, 1.165) is 19.3 Å². The maximum atomic E-state index is 11.6. The molecule has 0 aliphatic heterocycles. The van der Waals surface area contributed by atoms with E-state index >= 15 is 0 Å². The molecule has 0 heterocycles. The van der Waals surface area contributed by atoms with Crippen LogP contribution >= 0.6 is 0 Å². The Kier molecular flexibility index (Phi) is 6.52. The van der Waals surface area contributed by atoms with Crippen LogP contribution in [-0.2, 0) is 4.79 Å². The van der Waals surface area contributed by atoms with Crippen molar-refractivity contribution in [2.75, 3.05) is 6.54 Å². The maximum Gasteiger partial charge on any atom is 0.237 e. The number of amides is 1. The van der Waals surface area contributed by atoms with E-state index in [1.807, 2.05) is 6.92 Å². The summed E-state index contributed by atoms with van der Waals surface area (Å²) in [6, 6.07) is -0.432. The van der Waals surface area contributed by atoms with Crippen LogP contribution in [0.15, 0.2) is 0 Å². The fraction of sp³-hybridized carbons (Fsp3) is 0.923. The molecule has 1 amide bonds. The lowest BCUT2D eigenvalue weighted by Crippen LogP contribution is -2.44. The van der Waals surface area contributed by atoms with Gasteiger partial charge in [-0.3, -0.25) is 4.79 Å². The van der Waals surface area contributed by atoms with Gasteiger partial charge in [0.1, 0.15) is 0 Å². The van der Waals surface area contributed by atoms with Gasteiger partial charge in [0.05, 0.1) is 12.1 Å². The Hall–Kier alpha value is -0.610. The minimum Gasteiger partial charge on any atom is -0.391 e. The summed E-state index contributed by atoms with van der Waals surface area (Å²) in [6.45, 7) is 2.35. The Bertz CT molecular complexity index is 227. The molecule has 4 N–H and O–H groups in total. The van der Waals surface area contributed by atoms with Crippen LogP contribution in [0.2, 0.25) is 0 Å². The van der Waals surface area contributed by atoms with Crippen molar-refractivity contribution in [3.8, 4) is 0 Å². The zero-order valence-corrected chi connectivity index (χ0v) is 10.8. The minimum absolute atomic E-state index is 0.137. The van der Waals surface area contributed by atoms with E-state index in [9.17, 15) is 9.90 Å². The molecule has 1 aliphatic carbocycles. The standard InChI is InChI=1S/C13H26N2O2/c1-2-6-11(14)13(17)15-9-12(16)10-7-4-3-5-8-10/h10-12,16H,2-9,14H2,1H3,(H,15,17). The molecule has 4 heteroatoms. The van der Waals surface area contributed by atoms with Gasteiger partial charge >= 0.3 is 0 Å². The van der Waals surface area contributed by atoms with Gasteiger partial charge in [-0.05, 0) is 25.2 Å². The van der Waals surface area contributed by atoms with E-state index < -0.39 is 12.1 Å². The molecule has 2 atom stereocenters. The Balaban J connectivity index is 2.22. The average Bonchev–Trinajstić information content (AvgIpc) is 2.36. The van der Waals surface area contributed by atoms with Crippen molar-refractivity contribution in [1.29, 1.82) is 0 Å². The zero-order chi connectivity index (χ0) is 12.7. The van der Waals surface area contributed by atoms with Gasteiger partial charge in [-0.2, -0.15) is 0 Å². The molecule has 2 unspecified atom stereocenters. The molecule has 0 aromatic rings. The van der Waals surface area contributed by atoms with Crippen LogP contribution in [0.4, 0.5) is 0 Å². The van der Waals surface area contributed by atoms with Crippen molar-refractivity contribution >= 4 is 5.91 Å². The lowest BCUT2D eigenvalue weighted by Gasteiger charge is -2.27. The monoisotopic (exact) mass is 242 g/mol. The number of nitrogens with one attached hydrogen (secondary N) is 1. The normalized spacial score (nSPS) is 20.9. The number of aliphatic hydroxyl groups is 1. The van der Waals surface area contributed by atoms with E-state index in [4.69, 9.17) is 5.73 Å². The van der Waals surface area contributed by atoms with Crippen molar-refractivity contribution in [2.45, 2.75) is 64.0 Å². The van der Waals surface area contributed by atoms with Crippen molar-refractivity contribution < 1.29 is 9.90 Å². The summed E-state index contributed by atoms with van der Waals surface area (Å²) >= 11 is 0. The highest BCUT2D eigenvalue weighted by Crippen LogP contribution is 2.26. The van der Waals surface area contributed by atoms with Crippen LogP contribution in [0.5, 0.6) is 0 Å². The lowest BCUT2D eigenvalue weighted by atomic mass is 9.85. The highest BCUT2D eigenvalue weighted by Gasteiger charge is 2.22. The number of nitrogens with two attached hydrogens (primary N) is 1. The van der Waals surface area contributed by atoms with Gasteiger partial charge in [-0.1, -0.05) is 32.6 Å². The molecule has 17 heavy (non-hydrogen) atoms. The Morgan fingerprint density at radius 2 is 2.06 bits per heavy atom. The van der Waals surface area contributed by atoms with Crippen LogP contribution in [0.25, 0.3) is 0 Å². The van der Waals surface area contributed by atoms with E-state index in [0.29, 0.717) is 18.9 Å². The van der Waals surface area contributed by atoms with Gasteiger partial charge in [-0.15, -0.1) is 0 Å². The summed E-state index contributed by atoms with van der Waals surface area (Å²) in [5, 5.41) is 12.7. The van der Waals surface area contributed by atoms with Gasteiger partial charge in [-0.25, -0.2) is 0 Å². The lowest BCUT2D eigenvalue weighted by molar-refractivity contribution is -0.123. The van der Waals surface area contributed by atoms with Crippen LogP contribution in [-0.4, -0.2) is 29.7 Å².